The lowest BCUT2D eigenvalue weighted by Gasteiger charge is -2.07. The Morgan fingerprint density at radius 1 is 1.19 bits per heavy atom. The second-order valence-corrected chi connectivity index (χ2v) is 4.67. The van der Waals surface area contributed by atoms with Gasteiger partial charge in [-0.2, -0.15) is 0 Å². The van der Waals surface area contributed by atoms with Crippen molar-refractivity contribution in [1.82, 2.24) is 5.32 Å². The van der Waals surface area contributed by atoms with E-state index in [0.717, 1.165) is 11.4 Å². The molecule has 2 N–H and O–H groups in total. The minimum atomic E-state index is -0.0541. The van der Waals surface area contributed by atoms with Gasteiger partial charge < -0.3 is 15.1 Å². The predicted molar refractivity (Wildman–Crippen MR) is 80.1 cm³/mol. The summed E-state index contributed by atoms with van der Waals surface area (Å²) in [5.41, 5.74) is 1.49. The first kappa shape index (κ1) is 14.8. The molecule has 0 saturated heterocycles. The molecule has 0 aliphatic rings. The molecule has 0 saturated carbocycles. The second-order valence-electron chi connectivity index (χ2n) is 4.67. The zero-order chi connectivity index (χ0) is 15.1. The summed E-state index contributed by atoms with van der Waals surface area (Å²) in [4.78, 5) is 22.9. The van der Waals surface area contributed by atoms with E-state index in [0.29, 0.717) is 25.1 Å². The third-order valence-corrected chi connectivity index (χ3v) is 2.99. The van der Waals surface area contributed by atoms with Gasteiger partial charge in [-0.05, 0) is 31.2 Å². The van der Waals surface area contributed by atoms with Crippen LogP contribution in [0.25, 0.3) is 0 Å². The Morgan fingerprint density at radius 3 is 2.76 bits per heavy atom. The molecule has 0 bridgehead atoms. The molecule has 1 heterocycles. The number of furan rings is 1. The molecule has 1 aromatic carbocycles. The number of benzene rings is 1. The van der Waals surface area contributed by atoms with Gasteiger partial charge in [0.25, 0.3) is 0 Å². The lowest BCUT2D eigenvalue weighted by atomic mass is 10.1. The molecule has 0 radical (unpaired) electrons. The van der Waals surface area contributed by atoms with Crippen LogP contribution in [-0.2, 0) is 11.3 Å². The highest BCUT2D eigenvalue weighted by molar-refractivity contribution is 5.94. The first-order chi connectivity index (χ1) is 10.1. The maximum Gasteiger partial charge on any atom is 0.222 e. The van der Waals surface area contributed by atoms with E-state index in [1.54, 1.807) is 24.5 Å². The summed E-state index contributed by atoms with van der Waals surface area (Å²) in [5, 5.41) is 5.90. The SMILES string of the molecule is CC(=O)c1cccc(NCCC(=O)NCc2ccco2)c1. The fourth-order valence-electron chi connectivity index (χ4n) is 1.86. The van der Waals surface area contributed by atoms with Crippen LogP contribution in [0.2, 0.25) is 0 Å². The third kappa shape index (κ3) is 4.80. The number of hydrogen-bond acceptors (Lipinski definition) is 4. The van der Waals surface area contributed by atoms with Gasteiger partial charge in [-0.1, -0.05) is 12.1 Å². The molecule has 110 valence electrons. The van der Waals surface area contributed by atoms with Crippen molar-refractivity contribution in [2.45, 2.75) is 19.9 Å². The normalized spacial score (nSPS) is 10.1. The van der Waals surface area contributed by atoms with Crippen LogP contribution < -0.4 is 10.6 Å². The average Bonchev–Trinajstić information content (AvgIpc) is 2.99. The monoisotopic (exact) mass is 286 g/mol. The van der Waals surface area contributed by atoms with Crippen molar-refractivity contribution >= 4 is 17.4 Å². The second kappa shape index (κ2) is 7.28. The highest BCUT2D eigenvalue weighted by Gasteiger charge is 2.03. The Balaban J connectivity index is 1.72. The van der Waals surface area contributed by atoms with E-state index in [2.05, 4.69) is 10.6 Å². The van der Waals surface area contributed by atoms with Crippen LogP contribution in [0, 0.1) is 0 Å². The predicted octanol–water partition coefficient (Wildman–Crippen LogP) is 2.60. The number of rotatable bonds is 7. The van der Waals surface area contributed by atoms with Crippen molar-refractivity contribution in [1.29, 1.82) is 0 Å². The number of amides is 1. The first-order valence-corrected chi connectivity index (χ1v) is 6.79. The van der Waals surface area contributed by atoms with E-state index < -0.39 is 0 Å². The van der Waals surface area contributed by atoms with Crippen molar-refractivity contribution in [3.63, 3.8) is 0 Å². The maximum atomic E-state index is 11.7. The molecule has 0 unspecified atom stereocenters. The molecule has 5 nitrogen and oxygen atoms in total. The van der Waals surface area contributed by atoms with Crippen LogP contribution in [0.5, 0.6) is 0 Å². The largest absolute Gasteiger partial charge is 0.467 e. The van der Waals surface area contributed by atoms with Gasteiger partial charge in [0.2, 0.25) is 5.91 Å². The van der Waals surface area contributed by atoms with Crippen LogP contribution >= 0.6 is 0 Å². The zero-order valence-electron chi connectivity index (χ0n) is 11.9. The molecule has 0 atom stereocenters. The van der Waals surface area contributed by atoms with Crippen LogP contribution in [0.1, 0.15) is 29.5 Å². The fraction of sp³-hybridized carbons (Fsp3) is 0.250. The summed E-state index contributed by atoms with van der Waals surface area (Å²) < 4.78 is 5.13. The summed E-state index contributed by atoms with van der Waals surface area (Å²) in [6, 6.07) is 10.8. The fourth-order valence-corrected chi connectivity index (χ4v) is 1.86. The first-order valence-electron chi connectivity index (χ1n) is 6.79. The molecule has 1 amide bonds. The van der Waals surface area contributed by atoms with Gasteiger partial charge in [0.15, 0.2) is 5.78 Å². The van der Waals surface area contributed by atoms with Gasteiger partial charge in [0.05, 0.1) is 12.8 Å². The van der Waals surface area contributed by atoms with Crippen molar-refractivity contribution in [3.05, 3.63) is 54.0 Å². The number of Topliss-reactive ketones (excluding diaryl/α,β-unsaturated/α-hetero) is 1. The summed E-state index contributed by atoms with van der Waals surface area (Å²) in [5.74, 6) is 0.696. The number of anilines is 1. The number of carbonyl (C=O) groups excluding carboxylic acids is 2. The quantitative estimate of drug-likeness (QED) is 0.767. The Bertz CT molecular complexity index is 606. The lowest BCUT2D eigenvalue weighted by Crippen LogP contribution is -2.24. The molecule has 2 aromatic rings. The van der Waals surface area contributed by atoms with E-state index in [9.17, 15) is 9.59 Å². The minimum Gasteiger partial charge on any atom is -0.467 e. The zero-order valence-corrected chi connectivity index (χ0v) is 11.9. The molecular weight excluding hydrogens is 268 g/mol. The smallest absolute Gasteiger partial charge is 0.222 e. The Kier molecular flexibility index (Phi) is 5.15. The molecule has 0 fully saturated rings. The third-order valence-electron chi connectivity index (χ3n) is 2.99. The molecule has 21 heavy (non-hydrogen) atoms. The minimum absolute atomic E-state index is 0.0230. The van der Waals surface area contributed by atoms with E-state index in [1.165, 1.54) is 6.92 Å². The number of nitrogens with one attached hydrogen (secondary N) is 2. The van der Waals surface area contributed by atoms with Gasteiger partial charge in [-0.25, -0.2) is 0 Å². The van der Waals surface area contributed by atoms with Crippen molar-refractivity contribution in [2.24, 2.45) is 0 Å². The molecule has 0 aliphatic carbocycles. The van der Waals surface area contributed by atoms with Gasteiger partial charge >= 0.3 is 0 Å². The topological polar surface area (TPSA) is 71.3 Å². The van der Waals surface area contributed by atoms with Crippen molar-refractivity contribution in [3.8, 4) is 0 Å². The number of carbonyl (C=O) groups is 2. The standard InChI is InChI=1S/C16H18N2O3/c1-12(19)13-4-2-5-14(10-13)17-8-7-16(20)18-11-15-6-3-9-21-15/h2-6,9-10,17H,7-8,11H2,1H3,(H,18,20). The van der Waals surface area contributed by atoms with Gasteiger partial charge in [0.1, 0.15) is 5.76 Å². The molecular formula is C16H18N2O3. The van der Waals surface area contributed by atoms with E-state index >= 15 is 0 Å². The Labute approximate surface area is 123 Å². The number of hydrogen-bond donors (Lipinski definition) is 2. The highest BCUT2D eigenvalue weighted by atomic mass is 16.3. The summed E-state index contributed by atoms with van der Waals surface area (Å²) in [6.45, 7) is 2.43. The summed E-state index contributed by atoms with van der Waals surface area (Å²) in [6.07, 6.45) is 1.93. The molecule has 1 aromatic heterocycles. The van der Waals surface area contributed by atoms with Crippen molar-refractivity contribution in [2.75, 3.05) is 11.9 Å². The Hall–Kier alpha value is -2.56. The van der Waals surface area contributed by atoms with E-state index in [-0.39, 0.29) is 11.7 Å². The van der Waals surface area contributed by atoms with Crippen LogP contribution in [0.4, 0.5) is 5.69 Å². The van der Waals surface area contributed by atoms with Gasteiger partial charge in [0, 0.05) is 24.2 Å². The molecule has 0 aliphatic heterocycles. The molecule has 2 rings (SSSR count). The average molecular weight is 286 g/mol. The molecule has 0 spiro atoms. The van der Waals surface area contributed by atoms with Crippen LogP contribution in [-0.4, -0.2) is 18.2 Å². The van der Waals surface area contributed by atoms with Crippen LogP contribution in [0.15, 0.2) is 47.1 Å². The summed E-state index contributed by atoms with van der Waals surface area (Å²) >= 11 is 0. The summed E-state index contributed by atoms with van der Waals surface area (Å²) in [7, 11) is 0. The Morgan fingerprint density at radius 2 is 2.05 bits per heavy atom. The highest BCUT2D eigenvalue weighted by Crippen LogP contribution is 2.11. The molecule has 5 heteroatoms. The van der Waals surface area contributed by atoms with Gasteiger partial charge in [-0.3, -0.25) is 9.59 Å². The number of ketones is 1. The van der Waals surface area contributed by atoms with E-state index in [1.807, 2.05) is 18.2 Å². The van der Waals surface area contributed by atoms with E-state index in [4.69, 9.17) is 4.42 Å². The maximum absolute atomic E-state index is 11.7. The van der Waals surface area contributed by atoms with Crippen molar-refractivity contribution < 1.29 is 14.0 Å². The van der Waals surface area contributed by atoms with Crippen LogP contribution in [0.3, 0.4) is 0 Å². The lowest BCUT2D eigenvalue weighted by molar-refractivity contribution is -0.121. The van der Waals surface area contributed by atoms with Gasteiger partial charge in [-0.15, -0.1) is 0 Å².